The topological polar surface area (TPSA) is 63.2 Å². The number of anilines is 1. The Morgan fingerprint density at radius 2 is 1.50 bits per heavy atom. The monoisotopic (exact) mass is 527 g/mol. The lowest BCUT2D eigenvalue weighted by Crippen LogP contribution is -2.25. The third-order valence-electron chi connectivity index (χ3n) is 5.63. The summed E-state index contributed by atoms with van der Waals surface area (Å²) >= 11 is 4.81. The summed E-state index contributed by atoms with van der Waals surface area (Å²) in [5.74, 6) is -0.867. The average molecular weight is 528 g/mol. The molecule has 0 bridgehead atoms. The number of aryl methyl sites for hydroxylation is 1. The minimum atomic E-state index is -0.342. The third-order valence-corrected chi connectivity index (χ3v) is 7.19. The Labute approximate surface area is 209 Å². The Bertz CT molecular complexity index is 1460. The average Bonchev–Trinajstić information content (AvgIpc) is 2.84. The zero-order valence-corrected chi connectivity index (χ0v) is 20.5. The van der Waals surface area contributed by atoms with Gasteiger partial charge in [0.2, 0.25) is 0 Å². The van der Waals surface area contributed by atoms with E-state index in [9.17, 15) is 14.4 Å². The number of halogens is 1. The van der Waals surface area contributed by atoms with Crippen molar-refractivity contribution in [3.05, 3.63) is 123 Å². The van der Waals surface area contributed by atoms with Crippen LogP contribution in [0.1, 0.15) is 47.8 Å². The summed E-state index contributed by atoms with van der Waals surface area (Å²) in [4.78, 5) is 41.9. The molecule has 1 amide bonds. The number of carbonyl (C=O) groups is 3. The van der Waals surface area contributed by atoms with Crippen molar-refractivity contribution < 1.29 is 14.4 Å². The van der Waals surface area contributed by atoms with Gasteiger partial charge in [0.25, 0.3) is 5.91 Å². The molecule has 4 aromatic rings. The van der Waals surface area contributed by atoms with Crippen molar-refractivity contribution in [1.82, 2.24) is 0 Å². The van der Waals surface area contributed by atoms with Gasteiger partial charge in [-0.05, 0) is 61.5 Å². The molecule has 166 valence electrons. The van der Waals surface area contributed by atoms with Crippen molar-refractivity contribution >= 4 is 50.9 Å². The quantitative estimate of drug-likeness (QED) is 0.275. The molecule has 0 aliphatic heterocycles. The summed E-state index contributed by atoms with van der Waals surface area (Å²) in [6.45, 7) is 1.95. The van der Waals surface area contributed by atoms with Gasteiger partial charge < -0.3 is 5.32 Å². The number of benzene rings is 4. The number of hydrogen-bond acceptors (Lipinski definition) is 4. The maximum atomic E-state index is 13.7. The number of hydrogen-bond donors (Lipinski definition) is 1. The van der Waals surface area contributed by atoms with Crippen molar-refractivity contribution in [2.24, 2.45) is 0 Å². The van der Waals surface area contributed by atoms with Gasteiger partial charge in [0.05, 0.1) is 11.3 Å². The normalized spacial score (nSPS) is 12.2. The van der Waals surface area contributed by atoms with Crippen molar-refractivity contribution in [2.75, 3.05) is 5.32 Å². The molecule has 0 saturated carbocycles. The van der Waals surface area contributed by atoms with E-state index >= 15 is 0 Å². The second-order valence-electron chi connectivity index (χ2n) is 7.94. The molecule has 0 spiro atoms. The standard InChI is InChI=1S/C28H18BrNO3S/c1-16-7-9-17(10-8-16)28(33)30-22-13-14-23(34-19-5-3-2-4-6-19)25-24(22)27(32)21-15-18(29)11-12-20(21)26(25)31/h2-15H,1H3,(H,30,33). The number of carbonyl (C=O) groups excluding carboxylic acids is 3. The highest BCUT2D eigenvalue weighted by molar-refractivity contribution is 9.10. The van der Waals surface area contributed by atoms with Crippen LogP contribution in [0, 0.1) is 6.92 Å². The molecular weight excluding hydrogens is 510 g/mol. The fraction of sp³-hybridized carbons (Fsp3) is 0.0357. The van der Waals surface area contributed by atoms with Crippen molar-refractivity contribution in [3.63, 3.8) is 0 Å². The van der Waals surface area contributed by atoms with Gasteiger partial charge in [-0.3, -0.25) is 14.4 Å². The maximum Gasteiger partial charge on any atom is 0.255 e. The summed E-state index contributed by atoms with van der Waals surface area (Å²) in [7, 11) is 0. The lowest BCUT2D eigenvalue weighted by atomic mass is 9.83. The van der Waals surface area contributed by atoms with E-state index in [-0.39, 0.29) is 23.0 Å². The molecule has 0 radical (unpaired) electrons. The summed E-state index contributed by atoms with van der Waals surface area (Å²) in [5.41, 5.74) is 3.05. The van der Waals surface area contributed by atoms with Crippen LogP contribution in [-0.2, 0) is 0 Å². The van der Waals surface area contributed by atoms with Crippen LogP contribution < -0.4 is 5.32 Å². The first-order chi connectivity index (χ1) is 16.4. The van der Waals surface area contributed by atoms with E-state index in [2.05, 4.69) is 21.2 Å². The number of rotatable bonds is 4. The van der Waals surface area contributed by atoms with E-state index in [1.165, 1.54) is 11.8 Å². The van der Waals surface area contributed by atoms with E-state index in [0.29, 0.717) is 37.3 Å². The molecule has 1 aliphatic carbocycles. The summed E-state index contributed by atoms with van der Waals surface area (Å²) in [6, 6.07) is 25.4. The van der Waals surface area contributed by atoms with Crippen LogP contribution in [0.4, 0.5) is 5.69 Å². The number of fused-ring (bicyclic) bond motifs is 2. The van der Waals surface area contributed by atoms with Crippen molar-refractivity contribution in [1.29, 1.82) is 0 Å². The van der Waals surface area contributed by atoms with Crippen LogP contribution >= 0.6 is 27.7 Å². The SMILES string of the molecule is Cc1ccc(C(=O)Nc2ccc(Sc3ccccc3)c3c2C(=O)c2cc(Br)ccc2C3=O)cc1. The molecule has 0 unspecified atom stereocenters. The van der Waals surface area contributed by atoms with Gasteiger partial charge in [-0.15, -0.1) is 0 Å². The van der Waals surface area contributed by atoms with Crippen LogP contribution in [0.15, 0.2) is 99.2 Å². The first-order valence-electron chi connectivity index (χ1n) is 10.6. The highest BCUT2D eigenvalue weighted by Gasteiger charge is 2.34. The van der Waals surface area contributed by atoms with Crippen molar-refractivity contribution in [2.45, 2.75) is 16.7 Å². The lowest BCUT2D eigenvalue weighted by molar-refractivity contribution is 0.0976. The van der Waals surface area contributed by atoms with Gasteiger partial charge in [0.1, 0.15) is 0 Å². The second kappa shape index (κ2) is 9.05. The van der Waals surface area contributed by atoms with E-state index in [0.717, 1.165) is 10.5 Å². The minimum Gasteiger partial charge on any atom is -0.321 e. The van der Waals surface area contributed by atoms with Crippen molar-refractivity contribution in [3.8, 4) is 0 Å². The lowest BCUT2D eigenvalue weighted by Gasteiger charge is -2.23. The molecule has 4 nitrogen and oxygen atoms in total. The number of nitrogens with one attached hydrogen (secondary N) is 1. The summed E-state index contributed by atoms with van der Waals surface area (Å²) < 4.78 is 0.705. The zero-order chi connectivity index (χ0) is 23.8. The first-order valence-corrected chi connectivity index (χ1v) is 12.2. The van der Waals surface area contributed by atoms with Gasteiger partial charge in [0, 0.05) is 36.5 Å². The Balaban J connectivity index is 1.64. The van der Waals surface area contributed by atoms with E-state index < -0.39 is 0 Å². The van der Waals surface area contributed by atoms with E-state index in [1.807, 2.05) is 49.4 Å². The predicted molar refractivity (Wildman–Crippen MR) is 137 cm³/mol. The molecular formula is C28H18BrNO3S. The molecule has 5 rings (SSSR count). The second-order valence-corrected chi connectivity index (χ2v) is 9.98. The van der Waals surface area contributed by atoms with Gasteiger partial charge in [-0.2, -0.15) is 0 Å². The highest BCUT2D eigenvalue weighted by Crippen LogP contribution is 2.41. The fourth-order valence-corrected chi connectivity index (χ4v) is 5.26. The van der Waals surface area contributed by atoms with Gasteiger partial charge >= 0.3 is 0 Å². The first kappa shape index (κ1) is 22.3. The highest BCUT2D eigenvalue weighted by atomic mass is 79.9. The van der Waals surface area contributed by atoms with Crippen LogP contribution in [0.25, 0.3) is 0 Å². The van der Waals surface area contributed by atoms with E-state index in [1.54, 1.807) is 42.5 Å². The molecule has 1 N–H and O–H groups in total. The van der Waals surface area contributed by atoms with Crippen LogP contribution in [0.3, 0.4) is 0 Å². The Kier molecular flexibility index (Phi) is 5.94. The Morgan fingerprint density at radius 3 is 2.24 bits per heavy atom. The third kappa shape index (κ3) is 4.11. The molecule has 1 aliphatic rings. The largest absolute Gasteiger partial charge is 0.321 e. The maximum absolute atomic E-state index is 13.7. The summed E-state index contributed by atoms with van der Waals surface area (Å²) in [5, 5.41) is 2.86. The minimum absolute atomic E-state index is 0.219. The molecule has 0 heterocycles. The molecule has 6 heteroatoms. The van der Waals surface area contributed by atoms with Gasteiger partial charge in [-0.25, -0.2) is 0 Å². The molecule has 0 saturated heterocycles. The predicted octanol–water partition coefficient (Wildman–Crippen LogP) is 6.94. The van der Waals surface area contributed by atoms with Crippen LogP contribution in [0.2, 0.25) is 0 Å². The zero-order valence-electron chi connectivity index (χ0n) is 18.1. The Hall–Kier alpha value is -3.48. The van der Waals surface area contributed by atoms with Crippen LogP contribution in [-0.4, -0.2) is 17.5 Å². The molecule has 0 fully saturated rings. The smallest absolute Gasteiger partial charge is 0.255 e. The van der Waals surface area contributed by atoms with E-state index in [4.69, 9.17) is 0 Å². The Morgan fingerprint density at radius 1 is 0.794 bits per heavy atom. The molecule has 34 heavy (non-hydrogen) atoms. The number of amides is 1. The molecule has 4 aromatic carbocycles. The molecule has 0 aromatic heterocycles. The number of ketones is 2. The van der Waals surface area contributed by atoms with Crippen LogP contribution in [0.5, 0.6) is 0 Å². The van der Waals surface area contributed by atoms with Gasteiger partial charge in [-0.1, -0.05) is 63.6 Å². The van der Waals surface area contributed by atoms with Gasteiger partial charge in [0.15, 0.2) is 11.6 Å². The fourth-order valence-electron chi connectivity index (χ4n) is 3.92. The molecule has 0 atom stereocenters. The summed E-state index contributed by atoms with van der Waals surface area (Å²) in [6.07, 6.45) is 0.